The second-order valence-electron chi connectivity index (χ2n) is 4.37. The molecule has 0 spiro atoms. The molecule has 0 aliphatic carbocycles. The molecule has 1 heterocycles. The maximum absolute atomic E-state index is 12.8. The third-order valence-electron chi connectivity index (χ3n) is 2.47. The standard InChI is InChI=1S/C12H19FN2O/c1-8(2)12(15-9(3)7-16)11-5-4-10(13)6-14-11/h4-6,8-9,12,15-16H,7H2,1-3H3. The Labute approximate surface area is 95.7 Å². The van der Waals surface area contributed by atoms with Gasteiger partial charge in [-0.15, -0.1) is 0 Å². The summed E-state index contributed by atoms with van der Waals surface area (Å²) in [7, 11) is 0. The van der Waals surface area contributed by atoms with E-state index in [1.54, 1.807) is 6.07 Å². The Balaban J connectivity index is 2.81. The van der Waals surface area contributed by atoms with Gasteiger partial charge in [0.1, 0.15) is 5.82 Å². The normalized spacial score (nSPS) is 15.1. The average Bonchev–Trinajstić information content (AvgIpc) is 2.26. The quantitative estimate of drug-likeness (QED) is 0.806. The lowest BCUT2D eigenvalue weighted by Gasteiger charge is -2.25. The number of hydrogen-bond acceptors (Lipinski definition) is 3. The van der Waals surface area contributed by atoms with Crippen LogP contribution in [0.3, 0.4) is 0 Å². The molecule has 2 unspecified atom stereocenters. The maximum Gasteiger partial charge on any atom is 0.141 e. The molecule has 0 aliphatic rings. The van der Waals surface area contributed by atoms with E-state index in [0.29, 0.717) is 5.92 Å². The van der Waals surface area contributed by atoms with E-state index in [-0.39, 0.29) is 24.5 Å². The molecule has 0 saturated carbocycles. The van der Waals surface area contributed by atoms with Crippen LogP contribution >= 0.6 is 0 Å². The number of aliphatic hydroxyl groups is 1. The van der Waals surface area contributed by atoms with Gasteiger partial charge >= 0.3 is 0 Å². The summed E-state index contributed by atoms with van der Waals surface area (Å²) in [6.07, 6.45) is 1.22. The van der Waals surface area contributed by atoms with Gasteiger partial charge < -0.3 is 10.4 Å². The highest BCUT2D eigenvalue weighted by molar-refractivity contribution is 5.10. The molecule has 2 N–H and O–H groups in total. The van der Waals surface area contributed by atoms with Crippen molar-refractivity contribution in [2.75, 3.05) is 6.61 Å². The Morgan fingerprint density at radius 1 is 1.38 bits per heavy atom. The second kappa shape index (κ2) is 5.92. The van der Waals surface area contributed by atoms with E-state index >= 15 is 0 Å². The predicted octanol–water partition coefficient (Wildman–Crippen LogP) is 1.89. The first-order chi connectivity index (χ1) is 7.54. The number of aliphatic hydroxyl groups excluding tert-OH is 1. The summed E-state index contributed by atoms with van der Waals surface area (Å²) in [5.74, 6) is -0.00609. The lowest BCUT2D eigenvalue weighted by Crippen LogP contribution is -2.36. The van der Waals surface area contributed by atoms with Crippen molar-refractivity contribution in [2.45, 2.75) is 32.9 Å². The van der Waals surface area contributed by atoms with Crippen molar-refractivity contribution in [3.8, 4) is 0 Å². The van der Waals surface area contributed by atoms with Gasteiger partial charge in [-0.2, -0.15) is 0 Å². The van der Waals surface area contributed by atoms with Crippen molar-refractivity contribution in [3.05, 3.63) is 29.8 Å². The lowest BCUT2D eigenvalue weighted by molar-refractivity contribution is 0.228. The Morgan fingerprint density at radius 2 is 2.06 bits per heavy atom. The lowest BCUT2D eigenvalue weighted by atomic mass is 9.99. The number of nitrogens with zero attached hydrogens (tertiary/aromatic N) is 1. The number of halogens is 1. The zero-order chi connectivity index (χ0) is 12.1. The molecule has 3 nitrogen and oxygen atoms in total. The zero-order valence-electron chi connectivity index (χ0n) is 9.94. The third kappa shape index (κ3) is 3.54. The van der Waals surface area contributed by atoms with Crippen molar-refractivity contribution in [1.82, 2.24) is 10.3 Å². The van der Waals surface area contributed by atoms with Crippen molar-refractivity contribution in [1.29, 1.82) is 0 Å². The van der Waals surface area contributed by atoms with Crippen LogP contribution in [0.4, 0.5) is 4.39 Å². The molecule has 1 aromatic rings. The summed E-state index contributed by atoms with van der Waals surface area (Å²) in [5.41, 5.74) is 0.803. The van der Waals surface area contributed by atoms with E-state index in [0.717, 1.165) is 5.69 Å². The van der Waals surface area contributed by atoms with Crippen LogP contribution in [0, 0.1) is 11.7 Å². The number of nitrogens with one attached hydrogen (secondary N) is 1. The molecule has 16 heavy (non-hydrogen) atoms. The third-order valence-corrected chi connectivity index (χ3v) is 2.47. The largest absolute Gasteiger partial charge is 0.395 e. The van der Waals surface area contributed by atoms with Gasteiger partial charge in [0.05, 0.1) is 24.5 Å². The Morgan fingerprint density at radius 3 is 2.50 bits per heavy atom. The van der Waals surface area contributed by atoms with Gasteiger partial charge in [0.15, 0.2) is 0 Å². The molecule has 0 radical (unpaired) electrons. The van der Waals surface area contributed by atoms with E-state index in [1.807, 2.05) is 6.92 Å². The molecule has 90 valence electrons. The Bertz CT molecular complexity index is 313. The number of rotatable bonds is 5. The minimum Gasteiger partial charge on any atom is -0.395 e. The summed E-state index contributed by atoms with van der Waals surface area (Å²) in [6, 6.07) is 3.11. The molecule has 4 heteroatoms. The van der Waals surface area contributed by atoms with Crippen molar-refractivity contribution in [2.24, 2.45) is 5.92 Å². The monoisotopic (exact) mass is 226 g/mol. The highest BCUT2D eigenvalue weighted by atomic mass is 19.1. The highest BCUT2D eigenvalue weighted by Crippen LogP contribution is 2.20. The molecule has 1 rings (SSSR count). The highest BCUT2D eigenvalue weighted by Gasteiger charge is 2.18. The molecule has 0 aliphatic heterocycles. The minimum atomic E-state index is -0.332. The summed E-state index contributed by atoms with van der Waals surface area (Å²) in [5, 5.41) is 12.3. The van der Waals surface area contributed by atoms with Crippen molar-refractivity contribution < 1.29 is 9.50 Å². The molecule has 0 saturated heterocycles. The molecule has 0 fully saturated rings. The number of pyridine rings is 1. The molecule has 0 amide bonds. The zero-order valence-corrected chi connectivity index (χ0v) is 9.94. The van der Waals surface area contributed by atoms with Crippen LogP contribution in [0.15, 0.2) is 18.3 Å². The van der Waals surface area contributed by atoms with Gasteiger partial charge in [0.25, 0.3) is 0 Å². The Hall–Kier alpha value is -1.00. The molecule has 2 atom stereocenters. The van der Waals surface area contributed by atoms with Crippen LogP contribution in [0.2, 0.25) is 0 Å². The Kier molecular flexibility index (Phi) is 4.83. The average molecular weight is 226 g/mol. The summed E-state index contributed by atoms with van der Waals surface area (Å²) >= 11 is 0. The molecule has 1 aromatic heterocycles. The van der Waals surface area contributed by atoms with Gasteiger partial charge in [-0.25, -0.2) is 4.39 Å². The fourth-order valence-corrected chi connectivity index (χ4v) is 1.55. The molecular formula is C12H19FN2O. The molecular weight excluding hydrogens is 207 g/mol. The fourth-order valence-electron chi connectivity index (χ4n) is 1.55. The van der Waals surface area contributed by atoms with Gasteiger partial charge in [0, 0.05) is 6.04 Å². The van der Waals surface area contributed by atoms with Crippen LogP contribution in [0.5, 0.6) is 0 Å². The summed E-state index contributed by atoms with van der Waals surface area (Å²) in [4.78, 5) is 4.07. The summed E-state index contributed by atoms with van der Waals surface area (Å²) in [6.45, 7) is 6.10. The van der Waals surface area contributed by atoms with E-state index in [2.05, 4.69) is 24.1 Å². The van der Waals surface area contributed by atoms with E-state index < -0.39 is 0 Å². The second-order valence-corrected chi connectivity index (χ2v) is 4.37. The van der Waals surface area contributed by atoms with Crippen molar-refractivity contribution >= 4 is 0 Å². The van der Waals surface area contributed by atoms with E-state index in [1.165, 1.54) is 12.3 Å². The first kappa shape index (κ1) is 13.1. The fraction of sp³-hybridized carbons (Fsp3) is 0.583. The SMILES string of the molecule is CC(CO)NC(c1ccc(F)cn1)C(C)C. The van der Waals surface area contributed by atoms with Gasteiger partial charge in [-0.3, -0.25) is 4.98 Å². The minimum absolute atomic E-state index is 0.000692. The topological polar surface area (TPSA) is 45.1 Å². The van der Waals surface area contributed by atoms with Crippen LogP contribution in [-0.2, 0) is 0 Å². The van der Waals surface area contributed by atoms with Crippen LogP contribution in [-0.4, -0.2) is 22.7 Å². The summed E-state index contributed by atoms with van der Waals surface area (Å²) < 4.78 is 12.8. The van der Waals surface area contributed by atoms with Crippen LogP contribution in [0.1, 0.15) is 32.5 Å². The molecule has 0 aromatic carbocycles. The van der Waals surface area contributed by atoms with Gasteiger partial charge in [-0.1, -0.05) is 13.8 Å². The predicted molar refractivity (Wildman–Crippen MR) is 61.5 cm³/mol. The number of aromatic nitrogens is 1. The van der Waals surface area contributed by atoms with E-state index in [4.69, 9.17) is 5.11 Å². The van der Waals surface area contributed by atoms with Gasteiger partial charge in [0.2, 0.25) is 0 Å². The smallest absolute Gasteiger partial charge is 0.141 e. The van der Waals surface area contributed by atoms with Crippen LogP contribution < -0.4 is 5.32 Å². The first-order valence-electron chi connectivity index (χ1n) is 5.53. The van der Waals surface area contributed by atoms with Crippen molar-refractivity contribution in [3.63, 3.8) is 0 Å². The number of hydrogen-bond donors (Lipinski definition) is 2. The van der Waals surface area contributed by atoms with Crippen LogP contribution in [0.25, 0.3) is 0 Å². The molecule has 0 bridgehead atoms. The first-order valence-corrected chi connectivity index (χ1v) is 5.53. The van der Waals surface area contributed by atoms with Gasteiger partial charge in [-0.05, 0) is 25.0 Å². The maximum atomic E-state index is 12.8. The van der Waals surface area contributed by atoms with E-state index in [9.17, 15) is 4.39 Å².